The Hall–Kier alpha value is -1.11. The fourth-order valence-electron chi connectivity index (χ4n) is 2.70. The number of rotatable bonds is 5. The molecule has 1 saturated heterocycles. The molecule has 1 aromatic rings. The van der Waals surface area contributed by atoms with Crippen molar-refractivity contribution < 1.29 is 13.2 Å². The molecule has 0 aromatic heterocycles. The van der Waals surface area contributed by atoms with Crippen LogP contribution in [0.1, 0.15) is 38.7 Å². The molecule has 0 spiro atoms. The zero-order valence-electron chi connectivity index (χ0n) is 14.4. The number of hydrogen-bond donors (Lipinski definition) is 1. The Labute approximate surface area is 149 Å². The molecule has 1 aromatic carbocycles. The minimum atomic E-state index is -3.56. The average Bonchev–Trinajstić information content (AvgIpc) is 2.57. The van der Waals surface area contributed by atoms with Gasteiger partial charge in [-0.1, -0.05) is 24.6 Å². The van der Waals surface area contributed by atoms with Gasteiger partial charge in [-0.3, -0.25) is 4.79 Å². The van der Waals surface area contributed by atoms with Crippen LogP contribution in [0.3, 0.4) is 0 Å². The Kier molecular flexibility index (Phi) is 6.28. The number of nitrogens with one attached hydrogen (secondary N) is 1. The van der Waals surface area contributed by atoms with Gasteiger partial charge in [0, 0.05) is 30.1 Å². The van der Waals surface area contributed by atoms with Gasteiger partial charge in [-0.2, -0.15) is 4.31 Å². The van der Waals surface area contributed by atoms with Crippen LogP contribution < -0.4 is 5.32 Å². The fraction of sp³-hybridized carbons (Fsp3) is 0.588. The number of sulfonamides is 1. The molecule has 1 aliphatic heterocycles. The van der Waals surface area contributed by atoms with E-state index in [4.69, 9.17) is 11.6 Å². The topological polar surface area (TPSA) is 66.5 Å². The number of aryl methyl sites for hydroxylation is 1. The van der Waals surface area contributed by atoms with E-state index in [1.807, 2.05) is 20.8 Å². The summed E-state index contributed by atoms with van der Waals surface area (Å²) in [4.78, 5) is 12.4. The summed E-state index contributed by atoms with van der Waals surface area (Å²) in [6.45, 7) is 6.53. The molecule has 0 saturated carbocycles. The maximum atomic E-state index is 12.7. The average molecular weight is 373 g/mol. The van der Waals surface area contributed by atoms with Crippen molar-refractivity contribution in [2.75, 3.05) is 13.1 Å². The Morgan fingerprint density at radius 1 is 1.38 bits per heavy atom. The van der Waals surface area contributed by atoms with Crippen LogP contribution in [0.5, 0.6) is 0 Å². The molecule has 0 bridgehead atoms. The van der Waals surface area contributed by atoms with Crippen LogP contribution in [0.4, 0.5) is 0 Å². The molecule has 1 heterocycles. The van der Waals surface area contributed by atoms with Gasteiger partial charge in [0.1, 0.15) is 0 Å². The van der Waals surface area contributed by atoms with Gasteiger partial charge >= 0.3 is 0 Å². The summed E-state index contributed by atoms with van der Waals surface area (Å²) in [5.74, 6) is -0.0909. The summed E-state index contributed by atoms with van der Waals surface area (Å²) >= 11 is 6.05. The number of carbonyl (C=O) groups is 1. The number of piperidine rings is 1. The summed E-state index contributed by atoms with van der Waals surface area (Å²) in [5, 5.41) is 3.42. The zero-order chi connectivity index (χ0) is 17.9. The molecule has 1 amide bonds. The quantitative estimate of drug-likeness (QED) is 0.864. The normalized spacial score (nSPS) is 18.3. The minimum absolute atomic E-state index is 0.0276. The summed E-state index contributed by atoms with van der Waals surface area (Å²) in [5.41, 5.74) is 0.844. The molecule has 1 fully saturated rings. The van der Waals surface area contributed by atoms with E-state index >= 15 is 0 Å². The molecule has 1 aliphatic rings. The van der Waals surface area contributed by atoms with Crippen LogP contribution >= 0.6 is 11.6 Å². The largest absolute Gasteiger partial charge is 0.353 e. The smallest absolute Gasteiger partial charge is 0.243 e. The van der Waals surface area contributed by atoms with Crippen LogP contribution in [0, 0.1) is 12.8 Å². The third kappa shape index (κ3) is 4.29. The Morgan fingerprint density at radius 3 is 2.54 bits per heavy atom. The SMILES string of the molecule is CCC(C)NC(=O)C1CCN(S(=O)(=O)c2ccc(C)c(Cl)c2)CC1. The van der Waals surface area contributed by atoms with Crippen molar-refractivity contribution in [2.24, 2.45) is 5.92 Å². The molecule has 0 aliphatic carbocycles. The summed E-state index contributed by atoms with van der Waals surface area (Å²) in [6.07, 6.45) is 1.97. The second kappa shape index (κ2) is 7.85. The lowest BCUT2D eigenvalue weighted by Gasteiger charge is -2.31. The van der Waals surface area contributed by atoms with Crippen molar-refractivity contribution in [3.63, 3.8) is 0 Å². The fourth-order valence-corrected chi connectivity index (χ4v) is 4.45. The van der Waals surface area contributed by atoms with Gasteiger partial charge in [-0.15, -0.1) is 0 Å². The Morgan fingerprint density at radius 2 is 2.00 bits per heavy atom. The van der Waals surface area contributed by atoms with Crippen molar-refractivity contribution in [1.29, 1.82) is 0 Å². The van der Waals surface area contributed by atoms with E-state index in [0.717, 1.165) is 12.0 Å². The number of hydrogen-bond acceptors (Lipinski definition) is 3. The molecule has 24 heavy (non-hydrogen) atoms. The molecule has 1 unspecified atom stereocenters. The highest BCUT2D eigenvalue weighted by atomic mass is 35.5. The minimum Gasteiger partial charge on any atom is -0.353 e. The molecule has 7 heteroatoms. The predicted octanol–water partition coefficient (Wildman–Crippen LogP) is 2.96. The molecular weight excluding hydrogens is 348 g/mol. The van der Waals surface area contributed by atoms with Gasteiger partial charge < -0.3 is 5.32 Å². The van der Waals surface area contributed by atoms with Gasteiger partial charge in [0.05, 0.1) is 4.90 Å². The maximum absolute atomic E-state index is 12.7. The highest BCUT2D eigenvalue weighted by molar-refractivity contribution is 7.89. The number of carbonyl (C=O) groups excluding carboxylic acids is 1. The lowest BCUT2D eigenvalue weighted by molar-refractivity contribution is -0.126. The van der Waals surface area contributed by atoms with E-state index in [2.05, 4.69) is 5.32 Å². The van der Waals surface area contributed by atoms with Crippen LogP contribution in [0.2, 0.25) is 5.02 Å². The lowest BCUT2D eigenvalue weighted by atomic mass is 9.97. The first-order valence-corrected chi connectivity index (χ1v) is 10.1. The third-order valence-corrected chi connectivity index (χ3v) is 6.91. The second-order valence-corrected chi connectivity index (χ2v) is 8.75. The molecular formula is C17H25ClN2O3S. The number of halogens is 1. The van der Waals surface area contributed by atoms with Gasteiger partial charge in [-0.25, -0.2) is 8.42 Å². The van der Waals surface area contributed by atoms with E-state index in [1.165, 1.54) is 10.4 Å². The number of nitrogens with zero attached hydrogens (tertiary/aromatic N) is 1. The van der Waals surface area contributed by atoms with Gasteiger partial charge in [0.25, 0.3) is 0 Å². The second-order valence-electron chi connectivity index (χ2n) is 6.41. The van der Waals surface area contributed by atoms with Crippen molar-refractivity contribution in [3.05, 3.63) is 28.8 Å². The van der Waals surface area contributed by atoms with Crippen molar-refractivity contribution in [3.8, 4) is 0 Å². The van der Waals surface area contributed by atoms with E-state index in [-0.39, 0.29) is 22.8 Å². The first-order chi connectivity index (χ1) is 11.3. The van der Waals surface area contributed by atoms with E-state index in [9.17, 15) is 13.2 Å². The van der Waals surface area contributed by atoms with Crippen LogP contribution in [0.25, 0.3) is 0 Å². The van der Waals surface area contributed by atoms with Crippen LogP contribution in [0.15, 0.2) is 23.1 Å². The number of amides is 1. The van der Waals surface area contributed by atoms with Gasteiger partial charge in [-0.05, 0) is 50.8 Å². The van der Waals surface area contributed by atoms with Gasteiger partial charge in [0.2, 0.25) is 15.9 Å². The summed E-state index contributed by atoms with van der Waals surface area (Å²) in [7, 11) is -3.56. The van der Waals surface area contributed by atoms with Crippen molar-refractivity contribution in [2.45, 2.75) is 51.0 Å². The van der Waals surface area contributed by atoms with Crippen LogP contribution in [-0.4, -0.2) is 37.8 Å². The van der Waals surface area contributed by atoms with E-state index in [0.29, 0.717) is 31.0 Å². The van der Waals surface area contributed by atoms with E-state index in [1.54, 1.807) is 12.1 Å². The summed E-state index contributed by atoms with van der Waals surface area (Å²) < 4.78 is 26.9. The predicted molar refractivity (Wildman–Crippen MR) is 95.6 cm³/mol. The molecule has 1 atom stereocenters. The third-order valence-electron chi connectivity index (χ3n) is 4.61. The number of benzene rings is 1. The molecule has 0 radical (unpaired) electrons. The Bertz CT molecular complexity index is 698. The van der Waals surface area contributed by atoms with E-state index < -0.39 is 10.0 Å². The Balaban J connectivity index is 2.03. The molecule has 5 nitrogen and oxygen atoms in total. The standard InChI is InChI=1S/C17H25ClN2O3S/c1-4-13(3)19-17(21)14-7-9-20(10-8-14)24(22,23)15-6-5-12(2)16(18)11-15/h5-6,11,13-14H,4,7-10H2,1-3H3,(H,19,21). The van der Waals surface area contributed by atoms with Gasteiger partial charge in [0.15, 0.2) is 0 Å². The molecule has 2 rings (SSSR count). The zero-order valence-corrected chi connectivity index (χ0v) is 16.0. The monoisotopic (exact) mass is 372 g/mol. The van der Waals surface area contributed by atoms with Crippen molar-refractivity contribution >= 4 is 27.5 Å². The van der Waals surface area contributed by atoms with Crippen LogP contribution in [-0.2, 0) is 14.8 Å². The molecule has 134 valence electrons. The highest BCUT2D eigenvalue weighted by Crippen LogP contribution is 2.26. The van der Waals surface area contributed by atoms with Crippen molar-refractivity contribution in [1.82, 2.24) is 9.62 Å². The summed E-state index contributed by atoms with van der Waals surface area (Å²) in [6, 6.07) is 4.93. The molecule has 1 N–H and O–H groups in total. The first kappa shape index (κ1) is 19.2. The first-order valence-electron chi connectivity index (χ1n) is 8.32. The maximum Gasteiger partial charge on any atom is 0.243 e. The highest BCUT2D eigenvalue weighted by Gasteiger charge is 2.32. The lowest BCUT2D eigenvalue weighted by Crippen LogP contribution is -2.44.